The van der Waals surface area contributed by atoms with Gasteiger partial charge in [0.15, 0.2) is 0 Å². The molecule has 1 unspecified atom stereocenters. The highest BCUT2D eigenvalue weighted by Gasteiger charge is 2.07. The van der Waals surface area contributed by atoms with E-state index in [2.05, 4.69) is 15.3 Å². The molecule has 1 aromatic carbocycles. The lowest BCUT2D eigenvalue weighted by Crippen LogP contribution is -2.13. The molecule has 6 heteroatoms. The number of nitrogen functional groups attached to an aromatic ring is 1. The van der Waals surface area contributed by atoms with Crippen molar-refractivity contribution in [1.82, 2.24) is 9.97 Å². The summed E-state index contributed by atoms with van der Waals surface area (Å²) in [5.41, 5.74) is 7.05. The molecule has 0 radical (unpaired) electrons. The van der Waals surface area contributed by atoms with Crippen LogP contribution in [0.25, 0.3) is 0 Å². The van der Waals surface area contributed by atoms with Crippen LogP contribution in [0.3, 0.4) is 0 Å². The number of hydrogen-bond donors (Lipinski definition) is 3. The zero-order chi connectivity index (χ0) is 13.7. The van der Waals surface area contributed by atoms with Gasteiger partial charge in [-0.3, -0.25) is 4.98 Å². The van der Waals surface area contributed by atoms with Gasteiger partial charge in [0.05, 0.1) is 25.6 Å². The molecule has 0 saturated carbocycles. The number of benzene rings is 1. The number of anilines is 2. The molecule has 1 heterocycles. The number of hydrogen-bond acceptors (Lipinski definition) is 6. The first-order valence-corrected chi connectivity index (χ1v) is 5.82. The first kappa shape index (κ1) is 13.1. The van der Waals surface area contributed by atoms with Crippen molar-refractivity contribution in [3.63, 3.8) is 0 Å². The number of methoxy groups -OCH3 is 1. The maximum absolute atomic E-state index is 10.0. The fraction of sp³-hybridized carbons (Fsp3) is 0.231. The summed E-state index contributed by atoms with van der Waals surface area (Å²) in [6, 6.07) is 7.09. The van der Waals surface area contributed by atoms with Gasteiger partial charge in [0, 0.05) is 12.2 Å². The molecule has 0 fully saturated rings. The van der Waals surface area contributed by atoms with Crippen molar-refractivity contribution in [3.8, 4) is 5.88 Å². The molecule has 4 N–H and O–H groups in total. The molecule has 2 rings (SSSR count). The third-order valence-electron chi connectivity index (χ3n) is 2.62. The summed E-state index contributed by atoms with van der Waals surface area (Å²) in [5, 5.41) is 13.0. The fourth-order valence-electron chi connectivity index (χ4n) is 1.57. The average molecular weight is 260 g/mol. The predicted molar refractivity (Wildman–Crippen MR) is 72.9 cm³/mol. The molecule has 0 amide bonds. The number of aliphatic hydroxyl groups is 1. The van der Waals surface area contributed by atoms with Crippen LogP contribution < -0.4 is 15.8 Å². The molecule has 0 bridgehead atoms. The number of aromatic nitrogens is 2. The Morgan fingerprint density at radius 2 is 2.05 bits per heavy atom. The molecular formula is C13H16N4O2. The van der Waals surface area contributed by atoms with Crippen molar-refractivity contribution < 1.29 is 9.84 Å². The van der Waals surface area contributed by atoms with Gasteiger partial charge in [0.2, 0.25) is 5.88 Å². The van der Waals surface area contributed by atoms with E-state index in [9.17, 15) is 5.11 Å². The second-order valence-electron chi connectivity index (χ2n) is 4.01. The highest BCUT2D eigenvalue weighted by molar-refractivity contribution is 5.40. The predicted octanol–water partition coefficient (Wildman–Crippen LogP) is 1.21. The van der Waals surface area contributed by atoms with Crippen LogP contribution in [0.2, 0.25) is 0 Å². The van der Waals surface area contributed by atoms with Crippen LogP contribution in [0, 0.1) is 0 Å². The molecule has 6 nitrogen and oxygen atoms in total. The van der Waals surface area contributed by atoms with Crippen LogP contribution in [0.5, 0.6) is 5.88 Å². The number of nitrogens with one attached hydrogen (secondary N) is 1. The van der Waals surface area contributed by atoms with Gasteiger partial charge < -0.3 is 20.9 Å². The van der Waals surface area contributed by atoms with E-state index < -0.39 is 6.10 Å². The van der Waals surface area contributed by atoms with Gasteiger partial charge >= 0.3 is 0 Å². The van der Waals surface area contributed by atoms with E-state index in [1.165, 1.54) is 13.3 Å². The quantitative estimate of drug-likeness (QED) is 0.700. The van der Waals surface area contributed by atoms with Crippen LogP contribution in [-0.4, -0.2) is 28.7 Å². The zero-order valence-corrected chi connectivity index (χ0v) is 10.6. The first-order chi connectivity index (χ1) is 9.19. The van der Waals surface area contributed by atoms with Crippen LogP contribution >= 0.6 is 0 Å². The van der Waals surface area contributed by atoms with E-state index in [0.29, 0.717) is 23.9 Å². The van der Waals surface area contributed by atoms with E-state index in [1.54, 1.807) is 30.5 Å². The van der Waals surface area contributed by atoms with Crippen molar-refractivity contribution in [1.29, 1.82) is 0 Å². The molecule has 1 atom stereocenters. The topological polar surface area (TPSA) is 93.3 Å². The monoisotopic (exact) mass is 260 g/mol. The van der Waals surface area contributed by atoms with Crippen LogP contribution in [0.4, 0.5) is 11.5 Å². The Hall–Kier alpha value is -2.34. The third kappa shape index (κ3) is 3.56. The Balaban J connectivity index is 1.96. The summed E-state index contributed by atoms with van der Waals surface area (Å²) in [4.78, 5) is 8.11. The number of nitrogens with zero attached hydrogens (tertiary/aromatic N) is 2. The lowest BCUT2D eigenvalue weighted by molar-refractivity contribution is 0.191. The molecule has 100 valence electrons. The van der Waals surface area contributed by atoms with Crippen molar-refractivity contribution in [2.24, 2.45) is 0 Å². The smallest absolute Gasteiger partial charge is 0.233 e. The first-order valence-electron chi connectivity index (χ1n) is 5.82. The lowest BCUT2D eigenvalue weighted by Gasteiger charge is -2.13. The van der Waals surface area contributed by atoms with Gasteiger partial charge in [0.1, 0.15) is 5.82 Å². The van der Waals surface area contributed by atoms with Gasteiger partial charge in [-0.2, -0.15) is 4.98 Å². The molecule has 2 aromatic rings. The summed E-state index contributed by atoms with van der Waals surface area (Å²) in [5.74, 6) is 0.973. The van der Waals surface area contributed by atoms with Crippen molar-refractivity contribution in [2.45, 2.75) is 6.10 Å². The van der Waals surface area contributed by atoms with Crippen molar-refractivity contribution >= 4 is 11.5 Å². The Labute approximate surface area is 111 Å². The molecule has 1 aromatic heterocycles. The molecular weight excluding hydrogens is 244 g/mol. The SMILES string of the molecule is COc1cncc(NCC(O)c2ccc(N)cc2)n1. The number of nitrogens with two attached hydrogens (primary N) is 1. The summed E-state index contributed by atoms with van der Waals surface area (Å²) in [7, 11) is 1.52. The molecule has 0 aliphatic carbocycles. The fourth-order valence-corrected chi connectivity index (χ4v) is 1.57. The van der Waals surface area contributed by atoms with E-state index in [1.807, 2.05) is 0 Å². The van der Waals surface area contributed by atoms with Crippen LogP contribution in [-0.2, 0) is 0 Å². The highest BCUT2D eigenvalue weighted by Crippen LogP contribution is 2.16. The van der Waals surface area contributed by atoms with Gasteiger partial charge in [-0.05, 0) is 17.7 Å². The number of ether oxygens (including phenoxy) is 1. The minimum absolute atomic E-state index is 0.325. The van der Waals surface area contributed by atoms with Gasteiger partial charge in [0.25, 0.3) is 0 Å². The maximum Gasteiger partial charge on any atom is 0.233 e. The largest absolute Gasteiger partial charge is 0.480 e. The van der Waals surface area contributed by atoms with Gasteiger partial charge in [-0.25, -0.2) is 0 Å². The summed E-state index contributed by atoms with van der Waals surface area (Å²) in [6.45, 7) is 0.325. The number of rotatable bonds is 5. The molecule has 0 spiro atoms. The third-order valence-corrected chi connectivity index (χ3v) is 2.62. The number of aliphatic hydroxyl groups excluding tert-OH is 1. The van der Waals surface area contributed by atoms with Gasteiger partial charge in [-0.1, -0.05) is 12.1 Å². The standard InChI is InChI=1S/C13H16N4O2/c1-19-13-8-15-7-12(17-13)16-6-11(18)9-2-4-10(14)5-3-9/h2-5,7-8,11,18H,6,14H2,1H3,(H,16,17). The Bertz CT molecular complexity index is 530. The van der Waals surface area contributed by atoms with E-state index in [4.69, 9.17) is 10.5 Å². The Morgan fingerprint density at radius 1 is 1.32 bits per heavy atom. The normalized spacial score (nSPS) is 11.9. The van der Waals surface area contributed by atoms with Gasteiger partial charge in [-0.15, -0.1) is 0 Å². The van der Waals surface area contributed by atoms with Crippen LogP contribution in [0.1, 0.15) is 11.7 Å². The minimum Gasteiger partial charge on any atom is -0.480 e. The Kier molecular flexibility index (Phi) is 4.15. The van der Waals surface area contributed by atoms with E-state index in [-0.39, 0.29) is 0 Å². The van der Waals surface area contributed by atoms with Crippen LogP contribution in [0.15, 0.2) is 36.7 Å². The molecule has 19 heavy (non-hydrogen) atoms. The second-order valence-corrected chi connectivity index (χ2v) is 4.01. The van der Waals surface area contributed by atoms with E-state index >= 15 is 0 Å². The molecule has 0 aliphatic rings. The summed E-state index contributed by atoms with van der Waals surface area (Å²) >= 11 is 0. The zero-order valence-electron chi connectivity index (χ0n) is 10.6. The summed E-state index contributed by atoms with van der Waals surface area (Å²) in [6.07, 6.45) is 2.44. The maximum atomic E-state index is 10.0. The molecule has 0 saturated heterocycles. The van der Waals surface area contributed by atoms with Crippen molar-refractivity contribution in [2.75, 3.05) is 24.7 Å². The average Bonchev–Trinajstić information content (AvgIpc) is 2.46. The summed E-state index contributed by atoms with van der Waals surface area (Å²) < 4.78 is 4.97. The molecule has 0 aliphatic heterocycles. The highest BCUT2D eigenvalue weighted by atomic mass is 16.5. The minimum atomic E-state index is -0.645. The lowest BCUT2D eigenvalue weighted by atomic mass is 10.1. The second kappa shape index (κ2) is 6.01. The van der Waals surface area contributed by atoms with Crippen molar-refractivity contribution in [3.05, 3.63) is 42.2 Å². The van der Waals surface area contributed by atoms with E-state index in [0.717, 1.165) is 5.56 Å². The Morgan fingerprint density at radius 3 is 2.74 bits per heavy atom.